The zero-order valence-corrected chi connectivity index (χ0v) is 19.9. The van der Waals surface area contributed by atoms with Gasteiger partial charge in [0.2, 0.25) is 0 Å². The molecule has 0 saturated carbocycles. The maximum atomic E-state index is 6.01. The van der Waals surface area contributed by atoms with E-state index in [4.69, 9.17) is 9.15 Å². The van der Waals surface area contributed by atoms with Crippen LogP contribution in [0.3, 0.4) is 0 Å². The summed E-state index contributed by atoms with van der Waals surface area (Å²) in [5, 5.41) is 1.09. The van der Waals surface area contributed by atoms with Gasteiger partial charge in [0.05, 0.1) is 6.61 Å². The van der Waals surface area contributed by atoms with Crippen LogP contribution in [-0.4, -0.2) is 56.7 Å². The van der Waals surface area contributed by atoms with Gasteiger partial charge >= 0.3 is 0 Å². The molecular formula is C25H31ClN2O2S. The predicted molar refractivity (Wildman–Crippen MR) is 137 cm³/mol. The molecule has 0 bridgehead atoms. The number of ether oxygens (including phenoxy) is 1. The summed E-state index contributed by atoms with van der Waals surface area (Å²) in [6.45, 7) is 4.28. The highest BCUT2D eigenvalue weighted by molar-refractivity contribution is 7.99. The van der Waals surface area contributed by atoms with Crippen LogP contribution < -0.4 is 9.64 Å². The Morgan fingerprint density at radius 1 is 1.03 bits per heavy atom. The second-order valence-electron chi connectivity index (χ2n) is 7.82. The van der Waals surface area contributed by atoms with Gasteiger partial charge in [0, 0.05) is 62.4 Å². The quantitative estimate of drug-likeness (QED) is 0.391. The summed E-state index contributed by atoms with van der Waals surface area (Å²) in [5.41, 5.74) is 3.21. The summed E-state index contributed by atoms with van der Waals surface area (Å²) in [6, 6.07) is 16.6. The molecule has 0 aliphatic carbocycles. The van der Waals surface area contributed by atoms with Gasteiger partial charge in [0.15, 0.2) is 0 Å². The molecule has 0 amide bonds. The molecule has 4 rings (SSSR count). The maximum Gasteiger partial charge on any atom is 0.138 e. The van der Waals surface area contributed by atoms with E-state index >= 15 is 0 Å². The molecule has 0 unspecified atom stereocenters. The van der Waals surface area contributed by atoms with Crippen molar-refractivity contribution in [2.75, 3.05) is 56.7 Å². The minimum Gasteiger partial charge on any atom is -0.493 e. The van der Waals surface area contributed by atoms with E-state index in [-0.39, 0.29) is 12.4 Å². The van der Waals surface area contributed by atoms with Crippen molar-refractivity contribution in [1.29, 1.82) is 0 Å². The third kappa shape index (κ3) is 6.70. The molecule has 3 aromatic rings. The lowest BCUT2D eigenvalue weighted by Gasteiger charge is -2.25. The molecule has 1 aliphatic heterocycles. The lowest BCUT2D eigenvalue weighted by molar-refractivity contribution is 0.248. The summed E-state index contributed by atoms with van der Waals surface area (Å²) < 4.78 is 12.0. The van der Waals surface area contributed by atoms with Gasteiger partial charge in [0.25, 0.3) is 0 Å². The van der Waals surface area contributed by atoms with Crippen LogP contribution in [0, 0.1) is 0 Å². The van der Waals surface area contributed by atoms with Crippen LogP contribution in [0.5, 0.6) is 5.75 Å². The van der Waals surface area contributed by atoms with Gasteiger partial charge in [-0.3, -0.25) is 0 Å². The standard InChI is InChI=1S/C25H30N2O2S.ClH/c1-26(2)22-8-4-20(5-9-22)6-10-24-18-21-7-11-23(19-25(21)29-24)28-15-3-12-27-13-16-30-17-14-27;/h4-11,18-19H,3,12-17H2,1-2H3;1H/b10-6+;. The number of fused-ring (bicyclic) bond motifs is 1. The normalized spacial score (nSPS) is 14.6. The van der Waals surface area contributed by atoms with Crippen molar-refractivity contribution < 1.29 is 9.15 Å². The predicted octanol–water partition coefficient (Wildman–Crippen LogP) is 5.91. The van der Waals surface area contributed by atoms with E-state index in [1.165, 1.54) is 30.3 Å². The van der Waals surface area contributed by atoms with Gasteiger partial charge in [-0.15, -0.1) is 12.4 Å². The van der Waals surface area contributed by atoms with Crippen LogP contribution >= 0.6 is 24.2 Å². The number of thioether (sulfide) groups is 1. The molecule has 1 fully saturated rings. The summed E-state index contributed by atoms with van der Waals surface area (Å²) in [5.74, 6) is 4.24. The average Bonchev–Trinajstić information content (AvgIpc) is 3.18. The minimum atomic E-state index is 0. The zero-order valence-electron chi connectivity index (χ0n) is 18.3. The Morgan fingerprint density at radius 2 is 1.81 bits per heavy atom. The first-order valence-electron chi connectivity index (χ1n) is 10.6. The number of hydrogen-bond acceptors (Lipinski definition) is 5. The number of anilines is 1. The molecule has 166 valence electrons. The van der Waals surface area contributed by atoms with Crippen molar-refractivity contribution in [3.8, 4) is 5.75 Å². The van der Waals surface area contributed by atoms with E-state index < -0.39 is 0 Å². The van der Waals surface area contributed by atoms with Crippen molar-refractivity contribution in [3.05, 3.63) is 59.9 Å². The topological polar surface area (TPSA) is 28.9 Å². The monoisotopic (exact) mass is 458 g/mol. The molecule has 2 heterocycles. The highest BCUT2D eigenvalue weighted by Crippen LogP contribution is 2.26. The highest BCUT2D eigenvalue weighted by Gasteiger charge is 2.09. The molecule has 31 heavy (non-hydrogen) atoms. The summed E-state index contributed by atoms with van der Waals surface area (Å²) >= 11 is 2.05. The molecule has 4 nitrogen and oxygen atoms in total. The third-order valence-electron chi connectivity index (χ3n) is 5.35. The summed E-state index contributed by atoms with van der Waals surface area (Å²) in [4.78, 5) is 4.63. The number of hydrogen-bond donors (Lipinski definition) is 0. The number of halogens is 1. The fourth-order valence-corrected chi connectivity index (χ4v) is 4.55. The van der Waals surface area contributed by atoms with Crippen LogP contribution in [0.15, 0.2) is 52.9 Å². The first kappa shape index (κ1) is 23.6. The number of rotatable bonds is 8. The minimum absolute atomic E-state index is 0. The molecule has 2 aromatic carbocycles. The van der Waals surface area contributed by atoms with E-state index in [1.807, 2.05) is 32.3 Å². The van der Waals surface area contributed by atoms with Gasteiger partial charge in [0.1, 0.15) is 17.1 Å². The summed E-state index contributed by atoms with van der Waals surface area (Å²) in [7, 11) is 4.09. The second-order valence-corrected chi connectivity index (χ2v) is 9.05. The molecule has 0 radical (unpaired) electrons. The molecule has 0 N–H and O–H groups in total. The van der Waals surface area contributed by atoms with Crippen molar-refractivity contribution in [2.24, 2.45) is 0 Å². The smallest absolute Gasteiger partial charge is 0.138 e. The molecule has 6 heteroatoms. The SMILES string of the molecule is CN(C)c1ccc(/C=C/c2cc3ccc(OCCCN4CCSCC4)cc3o2)cc1.Cl. The van der Waals surface area contributed by atoms with Crippen molar-refractivity contribution in [2.45, 2.75) is 6.42 Å². The third-order valence-corrected chi connectivity index (χ3v) is 6.29. The Morgan fingerprint density at radius 3 is 2.55 bits per heavy atom. The fourth-order valence-electron chi connectivity index (χ4n) is 3.57. The van der Waals surface area contributed by atoms with Crippen molar-refractivity contribution in [3.63, 3.8) is 0 Å². The first-order valence-corrected chi connectivity index (χ1v) is 11.7. The lowest BCUT2D eigenvalue weighted by atomic mass is 10.1. The van der Waals surface area contributed by atoms with Gasteiger partial charge < -0.3 is 19.0 Å². The molecule has 0 spiro atoms. The Hall–Kier alpha value is -2.08. The van der Waals surface area contributed by atoms with Crippen molar-refractivity contribution >= 4 is 53.0 Å². The van der Waals surface area contributed by atoms with Crippen molar-refractivity contribution in [1.82, 2.24) is 4.90 Å². The van der Waals surface area contributed by atoms with E-state index in [2.05, 4.69) is 64.0 Å². The highest BCUT2D eigenvalue weighted by atomic mass is 35.5. The number of benzene rings is 2. The van der Waals surface area contributed by atoms with Crippen LogP contribution in [-0.2, 0) is 0 Å². The Labute approximate surface area is 195 Å². The van der Waals surface area contributed by atoms with Gasteiger partial charge in [-0.25, -0.2) is 0 Å². The van der Waals surface area contributed by atoms with Gasteiger partial charge in [-0.05, 0) is 48.4 Å². The van der Waals surface area contributed by atoms with E-state index in [9.17, 15) is 0 Å². The number of furan rings is 1. The van der Waals surface area contributed by atoms with Crippen LogP contribution in [0.1, 0.15) is 17.7 Å². The molecule has 1 saturated heterocycles. The van der Waals surface area contributed by atoms with Crippen LogP contribution in [0.2, 0.25) is 0 Å². The Balaban J connectivity index is 0.00000272. The van der Waals surface area contributed by atoms with Crippen LogP contribution in [0.25, 0.3) is 23.1 Å². The van der Waals surface area contributed by atoms with Gasteiger partial charge in [-0.1, -0.05) is 18.2 Å². The molecule has 1 aliphatic rings. The summed E-state index contributed by atoms with van der Waals surface area (Å²) in [6.07, 6.45) is 5.15. The maximum absolute atomic E-state index is 6.01. The molecule has 0 atom stereocenters. The second kappa shape index (κ2) is 11.5. The van der Waals surface area contributed by atoms with Gasteiger partial charge in [-0.2, -0.15) is 11.8 Å². The van der Waals surface area contributed by atoms with E-state index in [0.29, 0.717) is 0 Å². The zero-order chi connectivity index (χ0) is 20.8. The van der Waals surface area contributed by atoms with Crippen LogP contribution in [0.4, 0.5) is 5.69 Å². The fraction of sp³-hybridized carbons (Fsp3) is 0.360. The lowest BCUT2D eigenvalue weighted by Crippen LogP contribution is -2.33. The molecular weight excluding hydrogens is 428 g/mol. The van der Waals surface area contributed by atoms with E-state index in [1.54, 1.807) is 0 Å². The molecule has 1 aromatic heterocycles. The van der Waals surface area contributed by atoms with E-state index in [0.717, 1.165) is 47.6 Å². The Kier molecular flexibility index (Phi) is 8.76. The average molecular weight is 459 g/mol. The largest absolute Gasteiger partial charge is 0.493 e. The number of nitrogens with zero attached hydrogens (tertiary/aromatic N) is 2. The first-order chi connectivity index (χ1) is 14.7. The Bertz CT molecular complexity index is 979.